The minimum Gasteiger partial charge on any atom is -0.389 e. The number of benzene rings is 1. The van der Waals surface area contributed by atoms with Crippen LogP contribution < -0.4 is 5.73 Å². The topological polar surface area (TPSA) is 46.3 Å². The number of amides is 1. The first-order chi connectivity index (χ1) is 8.09. The Morgan fingerprint density at radius 1 is 1.41 bits per heavy atom. The monoisotopic (exact) mass is 248 g/mol. The Hall–Kier alpha value is -1.42. The van der Waals surface area contributed by atoms with Gasteiger partial charge in [0.25, 0.3) is 5.91 Å². The van der Waals surface area contributed by atoms with Crippen LogP contribution in [0.4, 0.5) is 0 Å². The third-order valence-corrected chi connectivity index (χ3v) is 3.57. The summed E-state index contributed by atoms with van der Waals surface area (Å²) in [6.07, 6.45) is 3.43. The molecule has 0 saturated heterocycles. The number of carbonyl (C=O) groups is 1. The molecule has 0 bridgehead atoms. The van der Waals surface area contributed by atoms with Gasteiger partial charge in [-0.15, -0.1) is 0 Å². The van der Waals surface area contributed by atoms with Crippen molar-refractivity contribution >= 4 is 23.1 Å². The SMILES string of the molecule is CN(C(=O)c1cccc(C(N)=S)c1)C1CCC1. The highest BCUT2D eigenvalue weighted by molar-refractivity contribution is 7.80. The van der Waals surface area contributed by atoms with Crippen molar-refractivity contribution < 1.29 is 4.79 Å². The number of nitrogens with zero attached hydrogens (tertiary/aromatic N) is 1. The molecule has 1 amide bonds. The molecule has 2 N–H and O–H groups in total. The van der Waals surface area contributed by atoms with Gasteiger partial charge in [-0.25, -0.2) is 0 Å². The molecule has 0 heterocycles. The van der Waals surface area contributed by atoms with E-state index in [0.717, 1.165) is 18.4 Å². The Balaban J connectivity index is 2.18. The predicted octanol–water partition coefficient (Wildman–Crippen LogP) is 1.95. The average Bonchev–Trinajstić information content (AvgIpc) is 2.25. The molecule has 3 nitrogen and oxygen atoms in total. The Labute approximate surface area is 107 Å². The number of nitrogens with two attached hydrogens (primary N) is 1. The van der Waals surface area contributed by atoms with E-state index in [-0.39, 0.29) is 5.91 Å². The van der Waals surface area contributed by atoms with E-state index in [1.54, 1.807) is 12.1 Å². The Morgan fingerprint density at radius 2 is 2.06 bits per heavy atom. The first-order valence-corrected chi connectivity index (χ1v) is 6.17. The van der Waals surface area contributed by atoms with Crippen LogP contribution in [0.5, 0.6) is 0 Å². The molecule has 4 heteroatoms. The van der Waals surface area contributed by atoms with Crippen LogP contribution in [0.1, 0.15) is 35.2 Å². The van der Waals surface area contributed by atoms with Crippen molar-refractivity contribution in [1.29, 1.82) is 0 Å². The molecule has 1 aromatic carbocycles. The molecule has 0 unspecified atom stereocenters. The third kappa shape index (κ3) is 2.47. The van der Waals surface area contributed by atoms with Crippen molar-refractivity contribution in [2.45, 2.75) is 25.3 Å². The molecule has 0 atom stereocenters. The van der Waals surface area contributed by atoms with Gasteiger partial charge in [-0.3, -0.25) is 4.79 Å². The summed E-state index contributed by atoms with van der Waals surface area (Å²) in [6.45, 7) is 0. The molecule has 2 rings (SSSR count). The third-order valence-electron chi connectivity index (χ3n) is 3.34. The van der Waals surface area contributed by atoms with Crippen molar-refractivity contribution in [1.82, 2.24) is 4.90 Å². The summed E-state index contributed by atoms with van der Waals surface area (Å²) in [4.78, 5) is 14.3. The highest BCUT2D eigenvalue weighted by Crippen LogP contribution is 2.24. The first kappa shape index (κ1) is 12.0. The summed E-state index contributed by atoms with van der Waals surface area (Å²) in [5.41, 5.74) is 6.96. The van der Waals surface area contributed by atoms with Gasteiger partial charge in [-0.2, -0.15) is 0 Å². The van der Waals surface area contributed by atoms with Crippen LogP contribution in [-0.2, 0) is 0 Å². The highest BCUT2D eigenvalue weighted by atomic mass is 32.1. The van der Waals surface area contributed by atoms with Crippen molar-refractivity contribution in [2.75, 3.05) is 7.05 Å². The van der Waals surface area contributed by atoms with Crippen LogP contribution in [0.3, 0.4) is 0 Å². The van der Waals surface area contributed by atoms with Crippen LogP contribution in [0.25, 0.3) is 0 Å². The highest BCUT2D eigenvalue weighted by Gasteiger charge is 2.26. The van der Waals surface area contributed by atoms with Gasteiger partial charge in [0.1, 0.15) is 4.99 Å². The molecule has 17 heavy (non-hydrogen) atoms. The number of hydrogen-bond acceptors (Lipinski definition) is 2. The lowest BCUT2D eigenvalue weighted by Crippen LogP contribution is -2.41. The van der Waals surface area contributed by atoms with Crippen molar-refractivity contribution in [3.8, 4) is 0 Å². The largest absolute Gasteiger partial charge is 0.389 e. The second-order valence-corrected chi connectivity index (χ2v) is 4.89. The lowest BCUT2D eigenvalue weighted by molar-refractivity contribution is 0.0652. The van der Waals surface area contributed by atoms with Gasteiger partial charge in [0.2, 0.25) is 0 Å². The van der Waals surface area contributed by atoms with Gasteiger partial charge in [0, 0.05) is 24.2 Å². The summed E-state index contributed by atoms with van der Waals surface area (Å²) in [7, 11) is 1.86. The number of thiocarbonyl (C=S) groups is 1. The second kappa shape index (κ2) is 4.84. The maximum Gasteiger partial charge on any atom is 0.253 e. The van der Waals surface area contributed by atoms with Crippen LogP contribution in [0.15, 0.2) is 24.3 Å². The summed E-state index contributed by atoms with van der Waals surface area (Å²) in [5.74, 6) is 0.0489. The van der Waals surface area contributed by atoms with E-state index in [2.05, 4.69) is 0 Å². The smallest absolute Gasteiger partial charge is 0.253 e. The van der Waals surface area contributed by atoms with Gasteiger partial charge in [-0.1, -0.05) is 24.4 Å². The summed E-state index contributed by atoms with van der Waals surface area (Å²) in [5, 5.41) is 0. The van der Waals surface area contributed by atoms with E-state index in [4.69, 9.17) is 18.0 Å². The summed E-state index contributed by atoms with van der Waals surface area (Å²) >= 11 is 4.91. The van der Waals surface area contributed by atoms with Gasteiger partial charge in [0.15, 0.2) is 0 Å². The van der Waals surface area contributed by atoms with Gasteiger partial charge in [0.05, 0.1) is 0 Å². The predicted molar refractivity (Wildman–Crippen MR) is 72.1 cm³/mol. The normalized spacial score (nSPS) is 15.1. The molecule has 0 spiro atoms. The summed E-state index contributed by atoms with van der Waals surface area (Å²) in [6, 6.07) is 7.61. The summed E-state index contributed by atoms with van der Waals surface area (Å²) < 4.78 is 0. The fraction of sp³-hybridized carbons (Fsp3) is 0.385. The molecule has 0 aliphatic heterocycles. The molecule has 1 aliphatic carbocycles. The lowest BCUT2D eigenvalue weighted by atomic mass is 9.91. The minimum atomic E-state index is 0.0489. The van der Waals surface area contributed by atoms with Crippen LogP contribution >= 0.6 is 12.2 Å². The molecule has 1 fully saturated rings. The zero-order valence-electron chi connectivity index (χ0n) is 9.85. The van der Waals surface area contributed by atoms with E-state index in [0.29, 0.717) is 16.6 Å². The quantitative estimate of drug-likeness (QED) is 0.832. The van der Waals surface area contributed by atoms with E-state index in [1.807, 2.05) is 24.1 Å². The van der Waals surface area contributed by atoms with Crippen LogP contribution in [-0.4, -0.2) is 28.9 Å². The van der Waals surface area contributed by atoms with E-state index < -0.39 is 0 Å². The van der Waals surface area contributed by atoms with Crippen molar-refractivity contribution in [3.63, 3.8) is 0 Å². The zero-order valence-corrected chi connectivity index (χ0v) is 10.7. The van der Waals surface area contributed by atoms with Gasteiger partial charge >= 0.3 is 0 Å². The maximum absolute atomic E-state index is 12.2. The Morgan fingerprint density at radius 3 is 2.59 bits per heavy atom. The van der Waals surface area contributed by atoms with Crippen LogP contribution in [0, 0.1) is 0 Å². The molecule has 1 saturated carbocycles. The second-order valence-electron chi connectivity index (χ2n) is 4.45. The maximum atomic E-state index is 12.2. The van der Waals surface area contributed by atoms with Gasteiger partial charge < -0.3 is 10.6 Å². The fourth-order valence-corrected chi connectivity index (χ4v) is 2.08. The molecule has 1 aliphatic rings. The molecule has 90 valence electrons. The average molecular weight is 248 g/mol. The van der Waals surface area contributed by atoms with Crippen molar-refractivity contribution in [2.24, 2.45) is 5.73 Å². The van der Waals surface area contributed by atoms with Gasteiger partial charge in [-0.05, 0) is 31.4 Å². The van der Waals surface area contributed by atoms with Crippen LogP contribution in [0.2, 0.25) is 0 Å². The number of carbonyl (C=O) groups excluding carboxylic acids is 1. The number of rotatable bonds is 3. The Kier molecular flexibility index (Phi) is 3.43. The number of hydrogen-bond donors (Lipinski definition) is 1. The molecular weight excluding hydrogens is 232 g/mol. The van der Waals surface area contributed by atoms with E-state index >= 15 is 0 Å². The molecular formula is C13H16N2OS. The minimum absolute atomic E-state index is 0.0489. The lowest BCUT2D eigenvalue weighted by Gasteiger charge is -2.34. The molecule has 1 aromatic rings. The van der Waals surface area contributed by atoms with E-state index in [9.17, 15) is 4.79 Å². The first-order valence-electron chi connectivity index (χ1n) is 5.76. The molecule has 0 aromatic heterocycles. The standard InChI is InChI=1S/C13H16N2OS/c1-15(11-6-3-7-11)13(16)10-5-2-4-9(8-10)12(14)17/h2,4-5,8,11H,3,6-7H2,1H3,(H2,14,17). The Bertz CT molecular complexity index is 454. The zero-order chi connectivity index (χ0) is 12.4. The molecule has 0 radical (unpaired) electrons. The fourth-order valence-electron chi connectivity index (χ4n) is 1.95. The van der Waals surface area contributed by atoms with Crippen molar-refractivity contribution in [3.05, 3.63) is 35.4 Å². The van der Waals surface area contributed by atoms with E-state index in [1.165, 1.54) is 6.42 Å².